The Morgan fingerprint density at radius 3 is 2.62 bits per heavy atom. The molecule has 0 saturated heterocycles. The third kappa shape index (κ3) is 3.57. The van der Waals surface area contributed by atoms with Gasteiger partial charge in [-0.2, -0.15) is 13.5 Å². The lowest BCUT2D eigenvalue weighted by Gasteiger charge is -2.04. The summed E-state index contributed by atoms with van der Waals surface area (Å²) in [6.45, 7) is -0.0355. The SMILES string of the molecule is O=S(=O)(O)c1ccccc1NN=NCCO. The zero-order valence-corrected chi connectivity index (χ0v) is 9.05. The van der Waals surface area contributed by atoms with Gasteiger partial charge in [-0.05, 0) is 12.1 Å². The molecule has 0 aromatic heterocycles. The molecule has 0 aliphatic heterocycles. The van der Waals surface area contributed by atoms with E-state index in [0.717, 1.165) is 0 Å². The van der Waals surface area contributed by atoms with E-state index in [9.17, 15) is 8.42 Å². The van der Waals surface area contributed by atoms with Crippen molar-refractivity contribution < 1.29 is 18.1 Å². The molecule has 8 heteroatoms. The Morgan fingerprint density at radius 1 is 1.31 bits per heavy atom. The summed E-state index contributed by atoms with van der Waals surface area (Å²) >= 11 is 0. The van der Waals surface area contributed by atoms with E-state index in [-0.39, 0.29) is 23.7 Å². The van der Waals surface area contributed by atoms with Gasteiger partial charge in [-0.15, -0.1) is 0 Å². The van der Waals surface area contributed by atoms with Crippen LogP contribution in [0.5, 0.6) is 0 Å². The molecule has 0 spiro atoms. The van der Waals surface area contributed by atoms with E-state index in [4.69, 9.17) is 9.66 Å². The second-order valence-corrected chi connectivity index (χ2v) is 4.16. The lowest BCUT2D eigenvalue weighted by Crippen LogP contribution is -2.02. The van der Waals surface area contributed by atoms with Gasteiger partial charge in [0.15, 0.2) is 0 Å². The molecular formula is C8H11N3O4S. The number of aliphatic hydroxyl groups is 1. The third-order valence-electron chi connectivity index (χ3n) is 1.61. The number of hydrogen-bond acceptors (Lipinski definition) is 5. The predicted octanol–water partition coefficient (Wildman–Crippen LogP) is 0.705. The van der Waals surface area contributed by atoms with Crippen molar-refractivity contribution in [3.05, 3.63) is 24.3 Å². The summed E-state index contributed by atoms with van der Waals surface area (Å²) in [5.41, 5.74) is 2.48. The molecule has 3 N–H and O–H groups in total. The van der Waals surface area contributed by atoms with Crippen molar-refractivity contribution in [2.24, 2.45) is 10.3 Å². The number of aliphatic hydroxyl groups excluding tert-OH is 1. The number of para-hydroxylation sites is 1. The van der Waals surface area contributed by atoms with E-state index in [2.05, 4.69) is 15.8 Å². The molecule has 0 unspecified atom stereocenters. The Balaban J connectivity index is 2.88. The maximum atomic E-state index is 10.9. The van der Waals surface area contributed by atoms with Crippen molar-refractivity contribution in [2.75, 3.05) is 18.6 Å². The van der Waals surface area contributed by atoms with E-state index in [1.807, 2.05) is 0 Å². The van der Waals surface area contributed by atoms with Gasteiger partial charge >= 0.3 is 0 Å². The van der Waals surface area contributed by atoms with Gasteiger partial charge < -0.3 is 5.11 Å². The second kappa shape index (κ2) is 5.54. The first-order chi connectivity index (χ1) is 7.55. The van der Waals surface area contributed by atoms with Crippen LogP contribution in [0.2, 0.25) is 0 Å². The molecule has 1 aromatic rings. The van der Waals surface area contributed by atoms with Gasteiger partial charge in [0, 0.05) is 0 Å². The van der Waals surface area contributed by atoms with Gasteiger partial charge in [0.05, 0.1) is 18.8 Å². The number of nitrogens with zero attached hydrogens (tertiary/aromatic N) is 2. The maximum Gasteiger partial charge on any atom is 0.296 e. The summed E-state index contributed by atoms with van der Waals surface area (Å²) in [7, 11) is -4.29. The van der Waals surface area contributed by atoms with Crippen molar-refractivity contribution in [1.29, 1.82) is 0 Å². The van der Waals surface area contributed by atoms with Crippen molar-refractivity contribution in [2.45, 2.75) is 4.90 Å². The fourth-order valence-corrected chi connectivity index (χ4v) is 1.61. The van der Waals surface area contributed by atoms with Gasteiger partial charge in [-0.3, -0.25) is 9.98 Å². The number of hydrogen-bond donors (Lipinski definition) is 3. The average molecular weight is 245 g/mol. The number of nitrogens with one attached hydrogen (secondary N) is 1. The molecular weight excluding hydrogens is 234 g/mol. The molecule has 0 aliphatic rings. The lowest BCUT2D eigenvalue weighted by atomic mass is 10.3. The van der Waals surface area contributed by atoms with Crippen molar-refractivity contribution in [1.82, 2.24) is 0 Å². The van der Waals surface area contributed by atoms with Crippen LogP contribution in [0.15, 0.2) is 39.5 Å². The van der Waals surface area contributed by atoms with Crippen LogP contribution in [-0.2, 0) is 10.1 Å². The maximum absolute atomic E-state index is 10.9. The number of benzene rings is 1. The molecule has 0 atom stereocenters. The van der Waals surface area contributed by atoms with Gasteiger partial charge in [-0.1, -0.05) is 17.4 Å². The monoisotopic (exact) mass is 245 g/mol. The Kier molecular flexibility index (Phi) is 4.35. The summed E-state index contributed by atoms with van der Waals surface area (Å²) in [6.07, 6.45) is 0. The first-order valence-electron chi connectivity index (χ1n) is 4.35. The van der Waals surface area contributed by atoms with Crippen LogP contribution in [0.25, 0.3) is 0 Å². The third-order valence-corrected chi connectivity index (χ3v) is 2.52. The van der Waals surface area contributed by atoms with Crippen molar-refractivity contribution in [3.63, 3.8) is 0 Å². The Morgan fingerprint density at radius 2 is 2.00 bits per heavy atom. The Bertz CT molecular complexity index is 472. The fourth-order valence-electron chi connectivity index (χ4n) is 0.968. The van der Waals surface area contributed by atoms with Crippen LogP contribution in [0, 0.1) is 0 Å². The number of rotatable bonds is 5. The molecule has 1 rings (SSSR count). The minimum Gasteiger partial charge on any atom is -0.394 e. The van der Waals surface area contributed by atoms with Crippen LogP contribution in [0.3, 0.4) is 0 Å². The first kappa shape index (κ1) is 12.6. The van der Waals surface area contributed by atoms with E-state index in [1.54, 1.807) is 6.07 Å². The Hall–Kier alpha value is -1.51. The summed E-state index contributed by atoms with van der Waals surface area (Å²) in [6, 6.07) is 5.72. The second-order valence-electron chi connectivity index (χ2n) is 2.77. The standard InChI is InChI=1S/C8H11N3O4S/c12-6-5-9-11-10-7-3-1-2-4-8(7)16(13,14)15/h1-4,12H,5-6H2,(H,9,10)(H,13,14,15). The molecule has 7 nitrogen and oxygen atoms in total. The highest BCUT2D eigenvalue weighted by Crippen LogP contribution is 2.20. The molecule has 0 saturated carbocycles. The molecule has 16 heavy (non-hydrogen) atoms. The highest BCUT2D eigenvalue weighted by atomic mass is 32.2. The van der Waals surface area contributed by atoms with Crippen LogP contribution in [-0.4, -0.2) is 31.2 Å². The van der Waals surface area contributed by atoms with Crippen LogP contribution < -0.4 is 5.43 Å². The van der Waals surface area contributed by atoms with Crippen molar-refractivity contribution in [3.8, 4) is 0 Å². The normalized spacial score (nSPS) is 11.9. The first-order valence-corrected chi connectivity index (χ1v) is 5.79. The molecule has 0 bridgehead atoms. The smallest absolute Gasteiger partial charge is 0.296 e. The molecule has 0 aliphatic carbocycles. The molecule has 0 fully saturated rings. The lowest BCUT2D eigenvalue weighted by molar-refractivity contribution is 0.304. The molecule has 88 valence electrons. The zero-order chi connectivity index (χ0) is 12.0. The predicted molar refractivity (Wildman–Crippen MR) is 56.7 cm³/mol. The largest absolute Gasteiger partial charge is 0.394 e. The summed E-state index contributed by atoms with van der Waals surface area (Å²) in [4.78, 5) is -0.280. The summed E-state index contributed by atoms with van der Waals surface area (Å²) < 4.78 is 30.8. The molecule has 0 radical (unpaired) electrons. The topological polar surface area (TPSA) is 111 Å². The fraction of sp³-hybridized carbons (Fsp3) is 0.250. The van der Waals surface area contributed by atoms with Gasteiger partial charge in [-0.25, -0.2) is 0 Å². The zero-order valence-electron chi connectivity index (χ0n) is 8.24. The van der Waals surface area contributed by atoms with Gasteiger partial charge in [0.1, 0.15) is 4.90 Å². The van der Waals surface area contributed by atoms with Gasteiger partial charge in [0.2, 0.25) is 0 Å². The minimum atomic E-state index is -4.29. The molecule has 0 heterocycles. The van der Waals surface area contributed by atoms with E-state index >= 15 is 0 Å². The highest BCUT2D eigenvalue weighted by Gasteiger charge is 2.13. The Labute approximate surface area is 92.6 Å². The molecule has 0 amide bonds. The number of anilines is 1. The van der Waals surface area contributed by atoms with Crippen LogP contribution in [0.1, 0.15) is 0 Å². The van der Waals surface area contributed by atoms with Crippen LogP contribution in [0.4, 0.5) is 5.69 Å². The highest BCUT2D eigenvalue weighted by molar-refractivity contribution is 7.86. The van der Waals surface area contributed by atoms with Crippen LogP contribution >= 0.6 is 0 Å². The van der Waals surface area contributed by atoms with E-state index in [1.165, 1.54) is 18.2 Å². The summed E-state index contributed by atoms with van der Waals surface area (Å²) in [5, 5.41) is 15.4. The van der Waals surface area contributed by atoms with Gasteiger partial charge in [0.25, 0.3) is 10.1 Å². The van der Waals surface area contributed by atoms with Crippen molar-refractivity contribution >= 4 is 15.8 Å². The average Bonchev–Trinajstić information content (AvgIpc) is 2.24. The van der Waals surface area contributed by atoms with E-state index < -0.39 is 10.1 Å². The summed E-state index contributed by atoms with van der Waals surface area (Å²) in [5.74, 6) is 0. The quantitative estimate of drug-likeness (QED) is 0.402. The molecule has 1 aromatic carbocycles. The van der Waals surface area contributed by atoms with E-state index in [0.29, 0.717) is 0 Å². The minimum absolute atomic E-state index is 0.112.